The molecule has 66 heavy (non-hydrogen) atoms. The van der Waals surface area contributed by atoms with Crippen molar-refractivity contribution in [1.82, 2.24) is 37.2 Å². The summed E-state index contributed by atoms with van der Waals surface area (Å²) in [4.78, 5) is 107. The molecule has 0 aromatic rings. The van der Waals surface area contributed by atoms with Crippen molar-refractivity contribution in [2.24, 2.45) is 40.1 Å². The third-order valence-electron chi connectivity index (χ3n) is 10.7. The van der Waals surface area contributed by atoms with E-state index in [1.807, 2.05) is 0 Å². The lowest BCUT2D eigenvalue weighted by molar-refractivity contribution is -0.142. The Bertz CT molecular complexity index is 1450. The van der Waals surface area contributed by atoms with Crippen LogP contribution in [-0.4, -0.2) is 152 Å². The number of hydrogen-bond donors (Lipinski definition) is 16. The standard InChI is InChI=1S/C42H84N14O10/c1-27(57)35(56-34(58)26-49)41(64)54-32(18-6-12-24-47)39(62)52-30(16-4-10-22-45)37(60)50-28(14-2-8-20-43)36(59)51-29(15-3-9-21-44)38(61)53-31(17-5-11-23-46)40(63)55-33(42(65)66)19-7-13-25-48/h27-33,35,57H,2-26,43-49H2,1H3,(H,50,60)(H,51,59)(H,52,62)(H,53,61)(H,54,64)(H,55,63)(H,56,58)(H,65,66)/t27-,28+,29+,30+,31+,32+,33+,35+/m1/s1. The number of nitrogens with one attached hydrogen (secondary N) is 7. The van der Waals surface area contributed by atoms with Gasteiger partial charge in [-0.25, -0.2) is 4.79 Å². The number of unbranched alkanes of at least 4 members (excludes halogenated alkanes) is 6. The topological polar surface area (TPSA) is 443 Å². The smallest absolute Gasteiger partial charge is 0.326 e. The highest BCUT2D eigenvalue weighted by Crippen LogP contribution is 2.11. The van der Waals surface area contributed by atoms with E-state index in [-0.39, 0.29) is 51.6 Å². The molecule has 0 aromatic heterocycles. The Morgan fingerprint density at radius 2 is 0.591 bits per heavy atom. The van der Waals surface area contributed by atoms with Crippen LogP contribution in [0.15, 0.2) is 0 Å². The number of hydrogen-bond acceptors (Lipinski definition) is 16. The summed E-state index contributed by atoms with van der Waals surface area (Å²) in [6, 6.07) is -8.72. The Kier molecular flexibility index (Phi) is 34.9. The molecule has 0 aliphatic heterocycles. The third kappa shape index (κ3) is 26.6. The average Bonchev–Trinajstić information content (AvgIpc) is 3.28. The fourth-order valence-electron chi connectivity index (χ4n) is 6.82. The highest BCUT2D eigenvalue weighted by atomic mass is 16.4. The Balaban J connectivity index is 6.64. The molecule has 0 bridgehead atoms. The van der Waals surface area contributed by atoms with Gasteiger partial charge in [-0.1, -0.05) is 0 Å². The van der Waals surface area contributed by atoms with E-state index in [0.29, 0.717) is 103 Å². The van der Waals surface area contributed by atoms with Crippen molar-refractivity contribution in [3.8, 4) is 0 Å². The maximum Gasteiger partial charge on any atom is 0.326 e. The SMILES string of the molecule is C[C@@H](O)[C@H](NC(=O)CN)C(=O)N[C@@H](CCCCN)C(=O)N[C@@H](CCCCN)C(=O)N[C@@H](CCCCN)C(=O)N[C@@H](CCCCN)C(=O)N[C@@H](CCCCN)C(=O)N[C@@H](CCCCN)C(=O)O. The second-order valence-electron chi connectivity index (χ2n) is 16.4. The van der Waals surface area contributed by atoms with Crippen molar-refractivity contribution in [1.29, 1.82) is 0 Å². The number of carboxylic acids is 1. The number of amides is 7. The molecule has 0 aromatic carbocycles. The number of aliphatic hydroxyl groups excluding tert-OH is 1. The molecule has 24 nitrogen and oxygen atoms in total. The molecule has 7 amide bonds. The summed E-state index contributed by atoms with van der Waals surface area (Å²) in [6.07, 6.45) is 4.79. The zero-order valence-electron chi connectivity index (χ0n) is 39.0. The van der Waals surface area contributed by atoms with Gasteiger partial charge < -0.3 is 87.6 Å². The van der Waals surface area contributed by atoms with Crippen LogP contribution in [0.1, 0.15) is 122 Å². The summed E-state index contributed by atoms with van der Waals surface area (Å²) in [7, 11) is 0. The fraction of sp³-hybridized carbons (Fsp3) is 0.810. The first-order valence-corrected chi connectivity index (χ1v) is 23.5. The molecule has 23 N–H and O–H groups in total. The van der Waals surface area contributed by atoms with Crippen LogP contribution in [0.4, 0.5) is 0 Å². The zero-order chi connectivity index (χ0) is 49.9. The van der Waals surface area contributed by atoms with Gasteiger partial charge in [-0.15, -0.1) is 0 Å². The van der Waals surface area contributed by atoms with Gasteiger partial charge in [0, 0.05) is 0 Å². The predicted octanol–water partition coefficient (Wildman–Crippen LogP) is -4.42. The van der Waals surface area contributed by atoms with Crippen LogP contribution in [0.3, 0.4) is 0 Å². The zero-order valence-corrected chi connectivity index (χ0v) is 39.0. The third-order valence-corrected chi connectivity index (χ3v) is 10.7. The molecule has 0 saturated heterocycles. The molecular weight excluding hydrogens is 861 g/mol. The largest absolute Gasteiger partial charge is 0.480 e. The lowest BCUT2D eigenvalue weighted by Crippen LogP contribution is -2.60. The van der Waals surface area contributed by atoms with Crippen molar-refractivity contribution >= 4 is 47.3 Å². The summed E-state index contributed by atoms with van der Waals surface area (Å²) >= 11 is 0. The Hall–Kier alpha value is -4.56. The molecule has 24 heteroatoms. The lowest BCUT2D eigenvalue weighted by atomic mass is 10.0. The first kappa shape index (κ1) is 61.4. The van der Waals surface area contributed by atoms with Crippen LogP contribution < -0.4 is 77.4 Å². The lowest BCUT2D eigenvalue weighted by Gasteiger charge is -2.28. The minimum absolute atomic E-state index is 0.0888. The first-order chi connectivity index (χ1) is 31.5. The van der Waals surface area contributed by atoms with Gasteiger partial charge >= 0.3 is 5.97 Å². The minimum Gasteiger partial charge on any atom is -0.480 e. The second-order valence-corrected chi connectivity index (χ2v) is 16.4. The normalized spacial score (nSPS) is 14.8. The molecule has 0 heterocycles. The van der Waals surface area contributed by atoms with E-state index in [2.05, 4.69) is 37.2 Å². The molecule has 0 fully saturated rings. The van der Waals surface area contributed by atoms with Crippen molar-refractivity contribution in [2.75, 3.05) is 45.8 Å². The number of carbonyl (C=O) groups is 8. The van der Waals surface area contributed by atoms with Gasteiger partial charge in [-0.2, -0.15) is 0 Å². The number of rotatable bonds is 40. The molecule has 0 spiro atoms. The second kappa shape index (κ2) is 37.5. The van der Waals surface area contributed by atoms with Gasteiger partial charge in [-0.05, 0) is 162 Å². The van der Waals surface area contributed by atoms with Crippen molar-refractivity contribution < 1.29 is 48.6 Å². The van der Waals surface area contributed by atoms with Gasteiger partial charge in [0.25, 0.3) is 0 Å². The molecule has 0 unspecified atom stereocenters. The Morgan fingerprint density at radius 3 is 0.803 bits per heavy atom. The summed E-state index contributed by atoms with van der Waals surface area (Å²) in [5.74, 6) is -6.48. The van der Waals surface area contributed by atoms with Crippen molar-refractivity contribution in [3.05, 3.63) is 0 Å². The summed E-state index contributed by atoms with van der Waals surface area (Å²) in [6.45, 7) is 2.67. The van der Waals surface area contributed by atoms with E-state index in [1.54, 1.807) is 0 Å². The molecule has 382 valence electrons. The highest BCUT2D eigenvalue weighted by Gasteiger charge is 2.34. The van der Waals surface area contributed by atoms with Gasteiger partial charge in [0.2, 0.25) is 41.4 Å². The van der Waals surface area contributed by atoms with Gasteiger partial charge in [0.15, 0.2) is 0 Å². The molecule has 0 aliphatic rings. The maximum absolute atomic E-state index is 14.1. The van der Waals surface area contributed by atoms with Crippen LogP contribution in [0.2, 0.25) is 0 Å². The first-order valence-electron chi connectivity index (χ1n) is 23.5. The molecule has 0 aliphatic carbocycles. The van der Waals surface area contributed by atoms with Crippen LogP contribution >= 0.6 is 0 Å². The summed E-state index contributed by atoms with van der Waals surface area (Å²) in [5, 5.41) is 38.3. The number of aliphatic hydroxyl groups is 1. The van der Waals surface area contributed by atoms with E-state index in [0.717, 1.165) is 0 Å². The van der Waals surface area contributed by atoms with Gasteiger partial charge in [-0.3, -0.25) is 33.6 Å². The summed E-state index contributed by atoms with van der Waals surface area (Å²) < 4.78 is 0. The van der Waals surface area contributed by atoms with Crippen molar-refractivity contribution in [3.63, 3.8) is 0 Å². The van der Waals surface area contributed by atoms with Gasteiger partial charge in [0.1, 0.15) is 42.3 Å². The minimum atomic E-state index is -1.44. The van der Waals surface area contributed by atoms with E-state index in [9.17, 15) is 48.6 Å². The number of carbonyl (C=O) groups excluding carboxylic acids is 7. The van der Waals surface area contributed by atoms with Crippen LogP contribution in [-0.2, 0) is 38.4 Å². The number of nitrogens with two attached hydrogens (primary N) is 7. The maximum atomic E-state index is 14.1. The van der Waals surface area contributed by atoms with Crippen LogP contribution in [0.5, 0.6) is 0 Å². The monoisotopic (exact) mass is 945 g/mol. The van der Waals surface area contributed by atoms with Crippen LogP contribution in [0, 0.1) is 0 Å². The molecule has 0 saturated carbocycles. The highest BCUT2D eigenvalue weighted by molar-refractivity contribution is 5.97. The number of aliphatic carboxylic acids is 1. The molecular formula is C42H84N14O10. The molecule has 8 atom stereocenters. The summed E-state index contributed by atoms with van der Waals surface area (Å²) in [5.41, 5.74) is 39.5. The average molecular weight is 945 g/mol. The van der Waals surface area contributed by atoms with E-state index in [1.165, 1.54) is 6.92 Å². The van der Waals surface area contributed by atoms with Gasteiger partial charge in [0.05, 0.1) is 12.6 Å². The number of carboxylic acid groups (broad SMARTS) is 1. The predicted molar refractivity (Wildman–Crippen MR) is 249 cm³/mol. The van der Waals surface area contributed by atoms with Crippen molar-refractivity contribution in [2.45, 2.75) is 171 Å². The molecule has 0 radical (unpaired) electrons. The van der Waals surface area contributed by atoms with E-state index >= 15 is 0 Å². The van der Waals surface area contributed by atoms with E-state index < -0.39 is 102 Å². The van der Waals surface area contributed by atoms with E-state index in [4.69, 9.17) is 40.1 Å². The Labute approximate surface area is 389 Å². The Morgan fingerprint density at radius 1 is 0.364 bits per heavy atom. The quantitative estimate of drug-likeness (QED) is 0.0258. The molecule has 0 rings (SSSR count). The fourth-order valence-corrected chi connectivity index (χ4v) is 6.82. The van der Waals surface area contributed by atoms with Crippen LogP contribution in [0.25, 0.3) is 0 Å².